The normalized spacial score (nSPS) is 32.9. The maximum atomic E-state index is 13.7. The highest BCUT2D eigenvalue weighted by Gasteiger charge is 2.52. The number of benzene rings is 1. The van der Waals surface area contributed by atoms with E-state index in [4.69, 9.17) is 0 Å². The highest BCUT2D eigenvalue weighted by molar-refractivity contribution is 5.82. The number of nitrogens with one attached hydrogen (secondary N) is 1. The lowest BCUT2D eigenvalue weighted by atomic mass is 9.89. The van der Waals surface area contributed by atoms with Crippen molar-refractivity contribution in [2.45, 2.75) is 70.1 Å². The van der Waals surface area contributed by atoms with Gasteiger partial charge in [0, 0.05) is 44.3 Å². The maximum Gasteiger partial charge on any atom is 0.573 e. The summed E-state index contributed by atoms with van der Waals surface area (Å²) in [6.45, 7) is 7.05. The SMILES string of the molecule is CC1NN(c2cccc(OC(F)(F)F)c2)C(C2CC2)C1C(=O)N1CCC(N2C[C@@H](C)[C@@H](O)C2)CC1. The smallest absolute Gasteiger partial charge is 0.406 e. The number of β-amino-alcohol motifs (C(OH)–C–C–N with tert-alkyl or cyclic N) is 1. The van der Waals surface area contributed by atoms with Crippen molar-refractivity contribution < 1.29 is 27.8 Å². The minimum Gasteiger partial charge on any atom is -0.406 e. The van der Waals surface area contributed by atoms with Crippen LogP contribution in [0.2, 0.25) is 0 Å². The lowest BCUT2D eigenvalue weighted by molar-refractivity contribution is -0.274. The minimum absolute atomic E-state index is 0.106. The van der Waals surface area contributed by atoms with Crippen molar-refractivity contribution in [3.63, 3.8) is 0 Å². The average molecular weight is 497 g/mol. The molecule has 0 spiro atoms. The van der Waals surface area contributed by atoms with Crippen molar-refractivity contribution in [1.29, 1.82) is 0 Å². The van der Waals surface area contributed by atoms with E-state index in [0.29, 0.717) is 37.3 Å². The third-order valence-electron chi connectivity index (χ3n) is 8.16. The van der Waals surface area contributed by atoms with Gasteiger partial charge in [0.25, 0.3) is 0 Å². The number of carbonyl (C=O) groups is 1. The van der Waals surface area contributed by atoms with Crippen LogP contribution in [0.15, 0.2) is 24.3 Å². The fourth-order valence-electron chi connectivity index (χ4n) is 6.17. The Hall–Kier alpha value is -2.04. The molecule has 7 nitrogen and oxygen atoms in total. The average Bonchev–Trinajstić information content (AvgIpc) is 3.51. The van der Waals surface area contributed by atoms with E-state index in [2.05, 4.69) is 22.0 Å². The van der Waals surface area contributed by atoms with Crippen LogP contribution < -0.4 is 15.2 Å². The molecule has 1 aromatic rings. The molecule has 0 radical (unpaired) electrons. The topological polar surface area (TPSA) is 68.3 Å². The molecule has 5 rings (SSSR count). The van der Waals surface area contributed by atoms with Crippen molar-refractivity contribution in [2.75, 3.05) is 31.2 Å². The van der Waals surface area contributed by atoms with Gasteiger partial charge in [0.2, 0.25) is 5.91 Å². The van der Waals surface area contributed by atoms with Crippen LogP contribution in [0.4, 0.5) is 18.9 Å². The molecule has 2 N–H and O–H groups in total. The number of ether oxygens (including phenoxy) is 1. The standard InChI is InChI=1S/C25H35F3N4O3/c1-15-13-31(14-21(15)33)18-8-10-30(11-9-18)24(34)22-16(2)29-32(23(22)17-6-7-17)19-4-3-5-20(12-19)35-25(26,27)28/h3-5,12,15-18,21-23,29,33H,6-11,13-14H2,1-2H3/t15-,16?,21+,22?,23?/m1/s1. The van der Waals surface area contributed by atoms with E-state index in [1.54, 1.807) is 12.1 Å². The Balaban J connectivity index is 1.27. The highest BCUT2D eigenvalue weighted by Crippen LogP contribution is 2.45. The first-order chi connectivity index (χ1) is 16.6. The quantitative estimate of drug-likeness (QED) is 0.654. The van der Waals surface area contributed by atoms with Crippen LogP contribution >= 0.6 is 0 Å². The van der Waals surface area contributed by atoms with Crippen molar-refractivity contribution >= 4 is 11.6 Å². The van der Waals surface area contributed by atoms with Gasteiger partial charge in [-0.25, -0.2) is 5.43 Å². The summed E-state index contributed by atoms with van der Waals surface area (Å²) in [5.41, 5.74) is 3.95. The van der Waals surface area contributed by atoms with Crippen LogP contribution in [-0.4, -0.2) is 77.6 Å². The lowest BCUT2D eigenvalue weighted by Gasteiger charge is -2.39. The van der Waals surface area contributed by atoms with E-state index in [-0.39, 0.29) is 41.7 Å². The van der Waals surface area contributed by atoms with Crippen LogP contribution in [0.5, 0.6) is 5.75 Å². The van der Waals surface area contributed by atoms with E-state index in [9.17, 15) is 23.1 Å². The first-order valence-electron chi connectivity index (χ1n) is 12.7. The van der Waals surface area contributed by atoms with Gasteiger partial charge in [0.15, 0.2) is 0 Å². The van der Waals surface area contributed by atoms with Gasteiger partial charge in [-0.2, -0.15) is 0 Å². The molecule has 3 saturated heterocycles. The Bertz CT molecular complexity index is 909. The number of rotatable bonds is 5. The minimum atomic E-state index is -4.75. The molecule has 35 heavy (non-hydrogen) atoms. The number of likely N-dealkylation sites (tertiary alicyclic amines) is 2. The number of anilines is 1. The molecule has 1 aliphatic carbocycles. The van der Waals surface area contributed by atoms with Gasteiger partial charge in [0.1, 0.15) is 5.75 Å². The Morgan fingerprint density at radius 1 is 1.11 bits per heavy atom. The zero-order chi connectivity index (χ0) is 24.9. The largest absolute Gasteiger partial charge is 0.573 e. The second kappa shape index (κ2) is 9.44. The molecule has 0 aromatic heterocycles. The van der Waals surface area contributed by atoms with Crippen LogP contribution in [0, 0.1) is 17.8 Å². The number of hydrogen-bond donors (Lipinski definition) is 2. The van der Waals surface area contributed by atoms with Gasteiger partial charge in [-0.15, -0.1) is 13.2 Å². The van der Waals surface area contributed by atoms with E-state index in [0.717, 1.165) is 32.2 Å². The van der Waals surface area contributed by atoms with Crippen molar-refractivity contribution in [2.24, 2.45) is 17.8 Å². The zero-order valence-corrected chi connectivity index (χ0v) is 20.2. The van der Waals surface area contributed by atoms with Crippen LogP contribution in [-0.2, 0) is 4.79 Å². The van der Waals surface area contributed by atoms with Gasteiger partial charge in [0.05, 0.1) is 23.8 Å². The number of alkyl halides is 3. The molecule has 4 fully saturated rings. The molecule has 1 saturated carbocycles. The van der Waals surface area contributed by atoms with Gasteiger partial charge in [-0.05, 0) is 56.6 Å². The Kier molecular flexibility index (Phi) is 6.65. The number of halogens is 3. The molecule has 10 heteroatoms. The summed E-state index contributed by atoms with van der Waals surface area (Å²) in [4.78, 5) is 18.1. The molecule has 1 amide bonds. The van der Waals surface area contributed by atoms with Gasteiger partial charge in [-0.1, -0.05) is 13.0 Å². The number of piperidine rings is 1. The molecule has 0 bridgehead atoms. The van der Waals surface area contributed by atoms with E-state index >= 15 is 0 Å². The summed E-state index contributed by atoms with van der Waals surface area (Å²) < 4.78 is 42.4. The molecule has 4 aliphatic rings. The number of hydrazine groups is 1. The molecule has 3 unspecified atom stereocenters. The van der Waals surface area contributed by atoms with Gasteiger partial charge >= 0.3 is 6.36 Å². The number of amides is 1. The molecule has 3 heterocycles. The Morgan fingerprint density at radius 2 is 1.83 bits per heavy atom. The van der Waals surface area contributed by atoms with Crippen LogP contribution in [0.25, 0.3) is 0 Å². The second-order valence-corrected chi connectivity index (χ2v) is 10.7. The molecular weight excluding hydrogens is 461 g/mol. The van der Waals surface area contributed by atoms with E-state index in [1.807, 2.05) is 16.8 Å². The predicted molar refractivity (Wildman–Crippen MR) is 125 cm³/mol. The Labute approximate surface area is 204 Å². The summed E-state index contributed by atoms with van der Waals surface area (Å²) in [7, 11) is 0. The fraction of sp³-hybridized carbons (Fsp3) is 0.720. The summed E-state index contributed by atoms with van der Waals surface area (Å²) in [5, 5.41) is 12.0. The molecule has 1 aromatic carbocycles. The number of aliphatic hydroxyl groups is 1. The third-order valence-corrected chi connectivity index (χ3v) is 8.16. The maximum absolute atomic E-state index is 13.7. The Morgan fingerprint density at radius 3 is 2.43 bits per heavy atom. The van der Waals surface area contributed by atoms with Crippen LogP contribution in [0.3, 0.4) is 0 Å². The number of nitrogens with zero attached hydrogens (tertiary/aromatic N) is 3. The summed E-state index contributed by atoms with van der Waals surface area (Å²) >= 11 is 0. The number of hydrogen-bond acceptors (Lipinski definition) is 6. The van der Waals surface area contributed by atoms with Crippen molar-refractivity contribution in [1.82, 2.24) is 15.2 Å². The molecular formula is C25H35F3N4O3. The van der Waals surface area contributed by atoms with Crippen molar-refractivity contribution in [3.05, 3.63) is 24.3 Å². The van der Waals surface area contributed by atoms with E-state index in [1.165, 1.54) is 12.1 Å². The number of aliphatic hydroxyl groups excluding tert-OH is 1. The summed E-state index contributed by atoms with van der Waals surface area (Å²) in [6, 6.07) is 6.12. The first kappa shape index (κ1) is 24.6. The fourth-order valence-corrected chi connectivity index (χ4v) is 6.17. The van der Waals surface area contributed by atoms with Gasteiger partial charge < -0.3 is 19.8 Å². The predicted octanol–water partition coefficient (Wildman–Crippen LogP) is 3.00. The molecule has 3 aliphatic heterocycles. The molecule has 194 valence electrons. The van der Waals surface area contributed by atoms with Crippen molar-refractivity contribution in [3.8, 4) is 5.75 Å². The van der Waals surface area contributed by atoms with Crippen LogP contribution in [0.1, 0.15) is 39.5 Å². The van der Waals surface area contributed by atoms with Gasteiger partial charge in [-0.3, -0.25) is 9.69 Å². The number of carbonyl (C=O) groups excluding carboxylic acids is 1. The molecule has 5 atom stereocenters. The lowest BCUT2D eigenvalue weighted by Crippen LogP contribution is -2.51. The third kappa shape index (κ3) is 5.24. The zero-order valence-electron chi connectivity index (χ0n) is 20.2. The highest BCUT2D eigenvalue weighted by atomic mass is 19.4. The van der Waals surface area contributed by atoms with E-state index < -0.39 is 6.36 Å². The summed E-state index contributed by atoms with van der Waals surface area (Å²) in [6.07, 6.45) is -1.21. The summed E-state index contributed by atoms with van der Waals surface area (Å²) in [5.74, 6) is 0.210. The monoisotopic (exact) mass is 496 g/mol. The second-order valence-electron chi connectivity index (χ2n) is 10.7. The first-order valence-corrected chi connectivity index (χ1v) is 12.7.